The zero-order chi connectivity index (χ0) is 16.0. The van der Waals surface area contributed by atoms with Gasteiger partial charge < -0.3 is 15.2 Å². The Labute approximate surface area is 138 Å². The van der Waals surface area contributed by atoms with E-state index >= 15 is 0 Å². The second-order valence-corrected chi connectivity index (χ2v) is 6.31. The number of anilines is 1. The maximum Gasteiger partial charge on any atom is 0.0725 e. The topological polar surface area (TPSA) is 65.0 Å². The summed E-state index contributed by atoms with van der Waals surface area (Å²) in [5, 5.41) is 15.4. The fraction of sp³-hybridized carbons (Fsp3) is 0.222. The number of aromatic nitrogens is 1. The highest BCUT2D eigenvalue weighted by Gasteiger charge is 2.40. The molecule has 0 fully saturated rings. The number of nitrogens with zero attached hydrogens (tertiary/aromatic N) is 1. The second-order valence-electron chi connectivity index (χ2n) is 5.90. The third-order valence-corrected chi connectivity index (χ3v) is 5.01. The van der Waals surface area contributed by atoms with E-state index in [2.05, 4.69) is 22.5 Å². The summed E-state index contributed by atoms with van der Waals surface area (Å²) in [6.45, 7) is 0. The first-order valence-electron chi connectivity index (χ1n) is 7.54. The number of aromatic carboxylic acids is 1. The summed E-state index contributed by atoms with van der Waals surface area (Å²) in [4.78, 5) is 16.0. The van der Waals surface area contributed by atoms with Crippen LogP contribution in [0.2, 0.25) is 5.02 Å². The van der Waals surface area contributed by atoms with Crippen molar-refractivity contribution in [1.82, 2.24) is 4.98 Å². The van der Waals surface area contributed by atoms with Crippen LogP contribution in [0.5, 0.6) is 0 Å². The van der Waals surface area contributed by atoms with Gasteiger partial charge in [-0.1, -0.05) is 35.9 Å². The molecule has 2 aliphatic rings. The van der Waals surface area contributed by atoms with Gasteiger partial charge in [0, 0.05) is 17.7 Å². The van der Waals surface area contributed by atoms with E-state index in [1.54, 1.807) is 12.3 Å². The third kappa shape index (κ3) is 2.21. The van der Waals surface area contributed by atoms with Gasteiger partial charge in [0.15, 0.2) is 0 Å². The number of pyridine rings is 1. The molecule has 2 heterocycles. The van der Waals surface area contributed by atoms with E-state index in [-0.39, 0.29) is 23.4 Å². The number of allylic oxidation sites excluding steroid dienone is 2. The molecular formula is C18H14ClN2O2-. The Morgan fingerprint density at radius 1 is 1.30 bits per heavy atom. The molecule has 0 saturated heterocycles. The summed E-state index contributed by atoms with van der Waals surface area (Å²) < 4.78 is 0. The van der Waals surface area contributed by atoms with Crippen LogP contribution < -0.4 is 10.4 Å². The maximum atomic E-state index is 11.5. The number of carboxylic acids is 1. The van der Waals surface area contributed by atoms with Crippen molar-refractivity contribution in [2.75, 3.05) is 5.32 Å². The largest absolute Gasteiger partial charge is 0.545 e. The molecule has 3 atom stereocenters. The molecule has 23 heavy (non-hydrogen) atoms. The van der Waals surface area contributed by atoms with Gasteiger partial charge in [0.05, 0.1) is 28.4 Å². The van der Waals surface area contributed by atoms with E-state index in [0.29, 0.717) is 10.7 Å². The highest BCUT2D eigenvalue weighted by molar-refractivity contribution is 6.33. The molecule has 116 valence electrons. The molecule has 1 N–H and O–H groups in total. The molecule has 5 heteroatoms. The summed E-state index contributed by atoms with van der Waals surface area (Å²) in [5.74, 6) is -0.950. The van der Waals surface area contributed by atoms with E-state index < -0.39 is 5.97 Å². The van der Waals surface area contributed by atoms with Crippen LogP contribution in [-0.4, -0.2) is 11.0 Å². The van der Waals surface area contributed by atoms with Crippen LogP contribution >= 0.6 is 11.6 Å². The van der Waals surface area contributed by atoms with Crippen molar-refractivity contribution in [3.05, 3.63) is 70.5 Å². The Morgan fingerprint density at radius 3 is 2.91 bits per heavy atom. The summed E-state index contributed by atoms with van der Waals surface area (Å²) in [6.07, 6.45) is 6.81. The van der Waals surface area contributed by atoms with E-state index in [1.807, 2.05) is 18.2 Å². The summed E-state index contributed by atoms with van der Waals surface area (Å²) >= 11 is 6.34. The number of fused-ring (bicyclic) bond motifs is 3. The number of hydrogen-bond acceptors (Lipinski definition) is 4. The summed E-state index contributed by atoms with van der Waals surface area (Å²) in [5.41, 5.74) is 2.55. The lowest BCUT2D eigenvalue weighted by Gasteiger charge is -2.38. The predicted octanol–water partition coefficient (Wildman–Crippen LogP) is 2.92. The molecule has 0 radical (unpaired) electrons. The Morgan fingerprint density at radius 2 is 2.17 bits per heavy atom. The molecule has 0 unspecified atom stereocenters. The van der Waals surface area contributed by atoms with E-state index in [9.17, 15) is 9.90 Å². The first-order valence-corrected chi connectivity index (χ1v) is 7.92. The van der Waals surface area contributed by atoms with Gasteiger partial charge in [0.1, 0.15) is 0 Å². The second kappa shape index (κ2) is 5.39. The average molecular weight is 326 g/mol. The summed E-state index contributed by atoms with van der Waals surface area (Å²) in [6, 6.07) is 8.95. The van der Waals surface area contributed by atoms with Crippen LogP contribution in [0.1, 0.15) is 40.0 Å². The zero-order valence-electron chi connectivity index (χ0n) is 12.2. The first-order chi connectivity index (χ1) is 11.2. The van der Waals surface area contributed by atoms with Crippen molar-refractivity contribution in [2.45, 2.75) is 18.4 Å². The maximum absolute atomic E-state index is 11.5. The van der Waals surface area contributed by atoms with Crippen LogP contribution in [-0.2, 0) is 0 Å². The quantitative estimate of drug-likeness (QED) is 0.862. The molecule has 4 rings (SSSR count). The molecule has 1 aliphatic heterocycles. The molecule has 1 aromatic carbocycles. The number of benzene rings is 1. The first kappa shape index (κ1) is 14.3. The fourth-order valence-corrected chi connectivity index (χ4v) is 3.92. The molecule has 4 nitrogen and oxygen atoms in total. The van der Waals surface area contributed by atoms with Gasteiger partial charge in [-0.15, -0.1) is 0 Å². The van der Waals surface area contributed by atoms with Crippen molar-refractivity contribution in [2.24, 2.45) is 5.92 Å². The SMILES string of the molecule is O=C([O-])c1ccc(Cl)c2c1[C@H]1C=CC[C@H]1[C@H](c1ccccn1)N2. The molecule has 0 amide bonds. The monoisotopic (exact) mass is 325 g/mol. The van der Waals surface area contributed by atoms with Gasteiger partial charge in [-0.3, -0.25) is 4.98 Å². The van der Waals surface area contributed by atoms with Gasteiger partial charge in [-0.25, -0.2) is 0 Å². The normalized spacial score (nSPS) is 24.7. The number of rotatable bonds is 2. The lowest BCUT2D eigenvalue weighted by atomic mass is 9.76. The lowest BCUT2D eigenvalue weighted by Crippen LogP contribution is -2.33. The molecule has 0 saturated carbocycles. The van der Waals surface area contributed by atoms with Gasteiger partial charge in [-0.05, 0) is 36.1 Å². The minimum absolute atomic E-state index is 0.00166. The zero-order valence-corrected chi connectivity index (χ0v) is 13.0. The number of carbonyl (C=O) groups is 1. The molecule has 1 aliphatic carbocycles. The predicted molar refractivity (Wildman–Crippen MR) is 86.4 cm³/mol. The van der Waals surface area contributed by atoms with Gasteiger partial charge >= 0.3 is 0 Å². The van der Waals surface area contributed by atoms with Crippen molar-refractivity contribution in [1.29, 1.82) is 0 Å². The van der Waals surface area contributed by atoms with Crippen molar-refractivity contribution >= 4 is 23.3 Å². The molecular weight excluding hydrogens is 312 g/mol. The molecule has 1 aromatic heterocycles. The Kier molecular flexibility index (Phi) is 3.34. The Balaban J connectivity index is 1.89. The van der Waals surface area contributed by atoms with E-state index in [4.69, 9.17) is 11.6 Å². The molecule has 2 aromatic rings. The fourth-order valence-electron chi connectivity index (χ4n) is 3.70. The van der Waals surface area contributed by atoms with E-state index in [0.717, 1.165) is 17.7 Å². The van der Waals surface area contributed by atoms with Gasteiger partial charge in [-0.2, -0.15) is 0 Å². The Bertz CT molecular complexity index is 804. The van der Waals surface area contributed by atoms with Gasteiger partial charge in [0.25, 0.3) is 0 Å². The lowest BCUT2D eigenvalue weighted by molar-refractivity contribution is -0.255. The van der Waals surface area contributed by atoms with Crippen LogP contribution in [0, 0.1) is 5.92 Å². The van der Waals surface area contributed by atoms with Crippen LogP contribution in [0.3, 0.4) is 0 Å². The van der Waals surface area contributed by atoms with Crippen molar-refractivity contribution in [3.63, 3.8) is 0 Å². The third-order valence-electron chi connectivity index (χ3n) is 4.70. The Hall–Kier alpha value is -2.33. The van der Waals surface area contributed by atoms with Crippen LogP contribution in [0.4, 0.5) is 5.69 Å². The number of hydrogen-bond donors (Lipinski definition) is 1. The van der Waals surface area contributed by atoms with Crippen molar-refractivity contribution in [3.8, 4) is 0 Å². The van der Waals surface area contributed by atoms with Crippen LogP contribution in [0.25, 0.3) is 0 Å². The number of halogens is 1. The minimum atomic E-state index is -1.17. The molecule has 0 spiro atoms. The van der Waals surface area contributed by atoms with Gasteiger partial charge in [0.2, 0.25) is 0 Å². The minimum Gasteiger partial charge on any atom is -0.545 e. The average Bonchev–Trinajstić information content (AvgIpc) is 3.05. The number of carboxylic acid groups (broad SMARTS) is 1. The standard InChI is InChI=1S/C18H15ClN2O2/c19-13-8-7-12(18(22)23)15-10-4-3-5-11(10)16(21-17(13)15)14-6-1-2-9-20-14/h1-4,6-11,16,21H,5H2,(H,22,23)/p-1/t10-,11+,16+/m0/s1. The number of nitrogens with one attached hydrogen (secondary N) is 1. The smallest absolute Gasteiger partial charge is 0.0725 e. The number of carbonyl (C=O) groups excluding carboxylic acids is 1. The summed E-state index contributed by atoms with van der Waals surface area (Å²) in [7, 11) is 0. The highest BCUT2D eigenvalue weighted by atomic mass is 35.5. The molecule has 0 bridgehead atoms. The van der Waals surface area contributed by atoms with E-state index in [1.165, 1.54) is 6.07 Å². The highest BCUT2D eigenvalue weighted by Crippen LogP contribution is 2.52. The van der Waals surface area contributed by atoms with Crippen LogP contribution in [0.15, 0.2) is 48.7 Å². The van der Waals surface area contributed by atoms with Crippen molar-refractivity contribution < 1.29 is 9.90 Å².